The third kappa shape index (κ3) is 6.42. The fraction of sp³-hybridized carbons (Fsp3) is 0.250. The molecule has 9 heteroatoms. The molecule has 1 aromatic carbocycles. The van der Waals surface area contributed by atoms with Crippen molar-refractivity contribution in [3.63, 3.8) is 0 Å². The highest BCUT2D eigenvalue weighted by atomic mass is 35.5. The summed E-state index contributed by atoms with van der Waals surface area (Å²) in [5.74, 6) is -0.712. The number of ether oxygens (including phenoxy) is 2. The van der Waals surface area contributed by atoms with Crippen molar-refractivity contribution in [3.8, 4) is 5.75 Å². The van der Waals surface area contributed by atoms with Gasteiger partial charge in [0.05, 0.1) is 17.7 Å². The van der Waals surface area contributed by atoms with E-state index in [4.69, 9.17) is 20.8 Å². The molecule has 0 saturated carbocycles. The van der Waals surface area contributed by atoms with Crippen LogP contribution in [0.4, 0.5) is 14.5 Å². The lowest BCUT2D eigenvalue weighted by atomic mass is 10.2. The van der Waals surface area contributed by atoms with Gasteiger partial charge < -0.3 is 19.2 Å². The molecule has 0 saturated heterocycles. The predicted octanol–water partition coefficient (Wildman–Crippen LogP) is 3.65. The van der Waals surface area contributed by atoms with Crippen molar-refractivity contribution in [3.05, 3.63) is 47.4 Å². The van der Waals surface area contributed by atoms with Gasteiger partial charge in [0.15, 0.2) is 6.61 Å². The van der Waals surface area contributed by atoms with Gasteiger partial charge >= 0.3 is 12.6 Å². The number of carbonyl (C=O) groups excluding carboxylic acids is 2. The molecule has 1 N–H and O–H groups in total. The van der Waals surface area contributed by atoms with Gasteiger partial charge in [-0.2, -0.15) is 8.78 Å². The molecule has 0 aliphatic rings. The number of hydrogen-bond acceptors (Lipinski definition) is 5. The molecule has 6 nitrogen and oxygen atoms in total. The Kier molecular flexibility index (Phi) is 6.76. The van der Waals surface area contributed by atoms with Gasteiger partial charge in [0.2, 0.25) is 0 Å². The smallest absolute Gasteiger partial charge is 0.387 e. The maximum absolute atomic E-state index is 12.1. The molecule has 25 heavy (non-hydrogen) atoms. The van der Waals surface area contributed by atoms with Gasteiger partial charge in [-0.1, -0.05) is 11.6 Å². The van der Waals surface area contributed by atoms with Gasteiger partial charge in [-0.05, 0) is 30.3 Å². The number of esters is 1. The highest BCUT2D eigenvalue weighted by Gasteiger charge is 2.12. The Labute approximate surface area is 146 Å². The first kappa shape index (κ1) is 18.7. The second kappa shape index (κ2) is 9.03. The zero-order valence-corrected chi connectivity index (χ0v) is 13.6. The quantitative estimate of drug-likeness (QED) is 0.715. The van der Waals surface area contributed by atoms with Crippen LogP contribution in [0, 0.1) is 0 Å². The Morgan fingerprint density at radius 1 is 1.28 bits per heavy atom. The van der Waals surface area contributed by atoms with Crippen LogP contribution in [0.2, 0.25) is 5.02 Å². The topological polar surface area (TPSA) is 77.8 Å². The van der Waals surface area contributed by atoms with Crippen molar-refractivity contribution < 1.29 is 32.3 Å². The van der Waals surface area contributed by atoms with Crippen molar-refractivity contribution in [1.29, 1.82) is 0 Å². The minimum absolute atomic E-state index is 0.0757. The van der Waals surface area contributed by atoms with Crippen molar-refractivity contribution in [2.24, 2.45) is 0 Å². The van der Waals surface area contributed by atoms with E-state index in [2.05, 4.69) is 10.1 Å². The second-order valence-electron chi connectivity index (χ2n) is 4.81. The average molecular weight is 374 g/mol. The van der Waals surface area contributed by atoms with Crippen LogP contribution in [0.3, 0.4) is 0 Å². The minimum Gasteiger partial charge on any atom is -0.469 e. The van der Waals surface area contributed by atoms with Crippen molar-refractivity contribution in [2.45, 2.75) is 19.5 Å². The van der Waals surface area contributed by atoms with E-state index in [1.165, 1.54) is 24.5 Å². The maximum atomic E-state index is 12.1. The number of carbonyl (C=O) groups is 2. The summed E-state index contributed by atoms with van der Waals surface area (Å²) >= 11 is 5.77. The van der Waals surface area contributed by atoms with Crippen molar-refractivity contribution in [1.82, 2.24) is 0 Å². The highest BCUT2D eigenvalue weighted by Crippen LogP contribution is 2.28. The van der Waals surface area contributed by atoms with Gasteiger partial charge in [-0.15, -0.1) is 0 Å². The summed E-state index contributed by atoms with van der Waals surface area (Å²) in [5.41, 5.74) is 0.253. The molecule has 1 aromatic heterocycles. The average Bonchev–Trinajstić information content (AvgIpc) is 3.07. The number of amides is 1. The Morgan fingerprint density at radius 3 is 2.72 bits per heavy atom. The summed E-state index contributed by atoms with van der Waals surface area (Å²) in [5, 5.41) is 2.34. The van der Waals surface area contributed by atoms with Gasteiger partial charge in [-0.3, -0.25) is 9.59 Å². The van der Waals surface area contributed by atoms with Crippen LogP contribution < -0.4 is 10.1 Å². The van der Waals surface area contributed by atoms with Crippen LogP contribution in [0.1, 0.15) is 12.2 Å². The first-order chi connectivity index (χ1) is 11.9. The Bertz CT molecular complexity index is 721. The molecule has 0 bridgehead atoms. The van der Waals surface area contributed by atoms with Crippen LogP contribution in [-0.2, 0) is 20.7 Å². The molecule has 0 atom stereocenters. The SMILES string of the molecule is O=C(COC(=O)CCc1ccco1)Nc1ccc(OC(F)F)c(Cl)c1. The number of alkyl halides is 2. The molecule has 0 radical (unpaired) electrons. The van der Waals surface area contributed by atoms with E-state index in [1.54, 1.807) is 12.1 Å². The molecule has 0 aliphatic heterocycles. The molecular formula is C16H14ClF2NO5. The summed E-state index contributed by atoms with van der Waals surface area (Å²) in [6.45, 7) is -3.48. The summed E-state index contributed by atoms with van der Waals surface area (Å²) in [7, 11) is 0. The first-order valence-electron chi connectivity index (χ1n) is 7.16. The fourth-order valence-corrected chi connectivity index (χ4v) is 2.09. The molecule has 1 amide bonds. The second-order valence-corrected chi connectivity index (χ2v) is 5.22. The molecule has 1 heterocycles. The first-order valence-corrected chi connectivity index (χ1v) is 7.54. The normalized spacial score (nSPS) is 10.6. The molecule has 0 spiro atoms. The Hall–Kier alpha value is -2.61. The van der Waals surface area contributed by atoms with Crippen LogP contribution >= 0.6 is 11.6 Å². The minimum atomic E-state index is -3.00. The number of anilines is 1. The van der Waals surface area contributed by atoms with Gasteiger partial charge in [0.25, 0.3) is 5.91 Å². The van der Waals surface area contributed by atoms with Gasteiger partial charge in [0.1, 0.15) is 11.5 Å². The molecule has 2 rings (SSSR count). The van der Waals surface area contributed by atoms with E-state index in [-0.39, 0.29) is 22.9 Å². The Balaban J connectivity index is 1.76. The third-order valence-corrected chi connectivity index (χ3v) is 3.25. The number of nitrogens with one attached hydrogen (secondary N) is 1. The van der Waals surface area contributed by atoms with E-state index in [0.29, 0.717) is 12.2 Å². The van der Waals surface area contributed by atoms with Crippen LogP contribution in [0.15, 0.2) is 41.0 Å². The standard InChI is InChI=1S/C16H14ClF2NO5/c17-12-8-10(3-5-13(12)25-16(18)19)20-14(21)9-24-15(22)6-4-11-2-1-7-23-11/h1-3,5,7-8,16H,4,6,9H2,(H,20,21). The lowest BCUT2D eigenvalue weighted by Gasteiger charge is -2.10. The zero-order chi connectivity index (χ0) is 18.2. The summed E-state index contributed by atoms with van der Waals surface area (Å²) < 4.78 is 38.4. The number of aryl methyl sites for hydroxylation is 1. The number of rotatable bonds is 8. The van der Waals surface area contributed by atoms with E-state index in [0.717, 1.165) is 0 Å². The summed E-state index contributed by atoms with van der Waals surface area (Å²) in [6, 6.07) is 7.21. The summed E-state index contributed by atoms with van der Waals surface area (Å²) in [4.78, 5) is 23.3. The lowest BCUT2D eigenvalue weighted by molar-refractivity contribution is -0.147. The van der Waals surface area contributed by atoms with E-state index in [9.17, 15) is 18.4 Å². The van der Waals surface area contributed by atoms with Crippen molar-refractivity contribution in [2.75, 3.05) is 11.9 Å². The number of hydrogen-bond donors (Lipinski definition) is 1. The molecular weight excluding hydrogens is 360 g/mol. The van der Waals surface area contributed by atoms with Gasteiger partial charge in [-0.25, -0.2) is 0 Å². The van der Waals surface area contributed by atoms with E-state index >= 15 is 0 Å². The van der Waals surface area contributed by atoms with E-state index in [1.807, 2.05) is 0 Å². The van der Waals surface area contributed by atoms with Gasteiger partial charge in [0, 0.05) is 12.1 Å². The third-order valence-electron chi connectivity index (χ3n) is 2.95. The molecule has 2 aromatic rings. The Morgan fingerprint density at radius 2 is 2.08 bits per heavy atom. The number of furan rings is 1. The molecule has 0 fully saturated rings. The number of benzene rings is 1. The van der Waals surface area contributed by atoms with E-state index < -0.39 is 25.1 Å². The highest BCUT2D eigenvalue weighted by molar-refractivity contribution is 6.32. The predicted molar refractivity (Wildman–Crippen MR) is 84.7 cm³/mol. The molecule has 134 valence electrons. The maximum Gasteiger partial charge on any atom is 0.387 e. The monoisotopic (exact) mass is 373 g/mol. The molecule has 0 unspecified atom stereocenters. The molecule has 0 aliphatic carbocycles. The number of halogens is 3. The lowest BCUT2D eigenvalue weighted by Crippen LogP contribution is -2.21. The van der Waals surface area contributed by atoms with Crippen LogP contribution in [0.5, 0.6) is 5.75 Å². The van der Waals surface area contributed by atoms with Crippen molar-refractivity contribution >= 4 is 29.2 Å². The largest absolute Gasteiger partial charge is 0.469 e. The van der Waals surface area contributed by atoms with Crippen LogP contribution in [-0.4, -0.2) is 25.1 Å². The zero-order valence-electron chi connectivity index (χ0n) is 12.8. The summed E-state index contributed by atoms with van der Waals surface area (Å²) in [6.07, 6.45) is 1.94. The fourth-order valence-electron chi connectivity index (χ4n) is 1.87. The van der Waals surface area contributed by atoms with Crippen LogP contribution in [0.25, 0.3) is 0 Å².